The van der Waals surface area contributed by atoms with Crippen LogP contribution in [0.2, 0.25) is 5.02 Å². The zero-order chi connectivity index (χ0) is 14.8. The predicted molar refractivity (Wildman–Crippen MR) is 81.9 cm³/mol. The van der Waals surface area contributed by atoms with Gasteiger partial charge in [-0.3, -0.25) is 10.1 Å². The second-order valence-corrected chi connectivity index (χ2v) is 6.12. The molecule has 2 unspecified atom stereocenters. The minimum Gasteiger partial charge on any atom is -0.351 e. The molecule has 1 aromatic rings. The molecule has 2 atom stereocenters. The van der Waals surface area contributed by atoms with Crippen LogP contribution in [-0.4, -0.2) is 35.1 Å². The lowest BCUT2D eigenvalue weighted by Gasteiger charge is -2.40. The molecule has 1 N–H and O–H groups in total. The van der Waals surface area contributed by atoms with E-state index >= 15 is 0 Å². The van der Waals surface area contributed by atoms with Crippen molar-refractivity contribution in [3.63, 3.8) is 0 Å². The molecule has 6 nitrogen and oxygen atoms in total. The number of nitrogens with zero attached hydrogens (tertiary/aromatic N) is 3. The number of aromatic nitrogens is 1. The lowest BCUT2D eigenvalue weighted by atomic mass is 9.94. The number of nitrogens with one attached hydrogen (secondary N) is 1. The molecule has 0 bridgehead atoms. The fourth-order valence-corrected chi connectivity index (χ4v) is 3.68. The minimum atomic E-state index is -0.463. The van der Waals surface area contributed by atoms with Crippen molar-refractivity contribution < 1.29 is 4.92 Å². The van der Waals surface area contributed by atoms with Gasteiger partial charge in [0.15, 0.2) is 0 Å². The second-order valence-electron chi connectivity index (χ2n) is 5.72. The maximum atomic E-state index is 10.8. The summed E-state index contributed by atoms with van der Waals surface area (Å²) in [5.41, 5.74) is -0.0590. The van der Waals surface area contributed by atoms with Gasteiger partial charge in [0.25, 0.3) is 5.69 Å². The topological polar surface area (TPSA) is 71.3 Å². The molecule has 2 aliphatic rings. The first-order valence-corrected chi connectivity index (χ1v) is 7.84. The van der Waals surface area contributed by atoms with Gasteiger partial charge in [-0.25, -0.2) is 4.98 Å². The van der Waals surface area contributed by atoms with E-state index in [0.29, 0.717) is 22.9 Å². The van der Waals surface area contributed by atoms with Gasteiger partial charge in [0.1, 0.15) is 12.0 Å². The van der Waals surface area contributed by atoms with Crippen molar-refractivity contribution in [2.24, 2.45) is 0 Å². The summed E-state index contributed by atoms with van der Waals surface area (Å²) in [4.78, 5) is 16.8. The maximum Gasteiger partial charge on any atom is 0.289 e. The molecule has 3 rings (SSSR count). The van der Waals surface area contributed by atoms with Crippen LogP contribution in [-0.2, 0) is 0 Å². The molecule has 0 spiro atoms. The van der Waals surface area contributed by atoms with Crippen LogP contribution in [0.4, 0.5) is 11.5 Å². The normalized spacial score (nSPS) is 26.0. The molecular weight excluding hydrogens is 292 g/mol. The van der Waals surface area contributed by atoms with E-state index in [0.717, 1.165) is 25.9 Å². The first-order valence-electron chi connectivity index (χ1n) is 7.47. The van der Waals surface area contributed by atoms with Crippen LogP contribution >= 0.6 is 11.6 Å². The summed E-state index contributed by atoms with van der Waals surface area (Å²) < 4.78 is 0. The molecule has 21 heavy (non-hydrogen) atoms. The van der Waals surface area contributed by atoms with Gasteiger partial charge in [-0.1, -0.05) is 11.6 Å². The Hall–Kier alpha value is -1.40. The Balaban J connectivity index is 1.87. The largest absolute Gasteiger partial charge is 0.351 e. The molecule has 0 amide bonds. The molecule has 0 saturated carbocycles. The van der Waals surface area contributed by atoms with Gasteiger partial charge in [-0.05, 0) is 38.6 Å². The Kier molecular flexibility index (Phi) is 4.26. The third-order valence-corrected chi connectivity index (χ3v) is 4.68. The zero-order valence-corrected chi connectivity index (χ0v) is 12.6. The Labute approximate surface area is 128 Å². The molecule has 3 heterocycles. The Bertz CT molecular complexity index is 534. The quantitative estimate of drug-likeness (QED) is 0.686. The number of hydrogen-bond acceptors (Lipinski definition) is 5. The standard InChI is InChI=1S/C14H19ClN4O2/c15-11-8-10(19(20)21)9-17-14(11)18-7-2-1-5-13(18)12-4-3-6-16-12/h8-9,12-13,16H,1-7H2. The molecule has 2 saturated heterocycles. The van der Waals surface area contributed by atoms with Crippen molar-refractivity contribution in [3.8, 4) is 0 Å². The van der Waals surface area contributed by atoms with Gasteiger partial charge in [-0.2, -0.15) is 0 Å². The van der Waals surface area contributed by atoms with Gasteiger partial charge in [0.05, 0.1) is 9.95 Å². The summed E-state index contributed by atoms with van der Waals surface area (Å²) in [7, 11) is 0. The first kappa shape index (κ1) is 14.5. The number of rotatable bonds is 3. The van der Waals surface area contributed by atoms with Crippen molar-refractivity contribution in [2.75, 3.05) is 18.0 Å². The molecule has 0 aliphatic carbocycles. The van der Waals surface area contributed by atoms with Gasteiger partial charge in [-0.15, -0.1) is 0 Å². The third-order valence-electron chi connectivity index (χ3n) is 4.40. The van der Waals surface area contributed by atoms with Gasteiger partial charge in [0, 0.05) is 24.7 Å². The van der Waals surface area contributed by atoms with Gasteiger partial charge in [0.2, 0.25) is 0 Å². The van der Waals surface area contributed by atoms with E-state index in [9.17, 15) is 10.1 Å². The fraction of sp³-hybridized carbons (Fsp3) is 0.643. The highest BCUT2D eigenvalue weighted by Crippen LogP contribution is 2.33. The van der Waals surface area contributed by atoms with Crippen LogP contribution in [0.1, 0.15) is 32.1 Å². The molecule has 7 heteroatoms. The minimum absolute atomic E-state index is 0.0590. The smallest absolute Gasteiger partial charge is 0.289 e. The van der Waals surface area contributed by atoms with Crippen molar-refractivity contribution in [3.05, 3.63) is 27.4 Å². The van der Waals surface area contributed by atoms with Crippen LogP contribution in [0, 0.1) is 10.1 Å². The molecule has 2 fully saturated rings. The van der Waals surface area contributed by atoms with E-state index in [4.69, 9.17) is 11.6 Å². The van der Waals surface area contributed by atoms with Crippen molar-refractivity contribution in [1.29, 1.82) is 0 Å². The number of halogens is 1. The maximum absolute atomic E-state index is 10.8. The van der Waals surface area contributed by atoms with Gasteiger partial charge >= 0.3 is 0 Å². The van der Waals surface area contributed by atoms with Crippen LogP contribution in [0.3, 0.4) is 0 Å². The highest BCUT2D eigenvalue weighted by Gasteiger charge is 2.33. The summed E-state index contributed by atoms with van der Waals surface area (Å²) in [6.45, 7) is 1.98. The molecular formula is C14H19ClN4O2. The van der Waals surface area contributed by atoms with Crippen molar-refractivity contribution in [1.82, 2.24) is 10.3 Å². The van der Waals surface area contributed by atoms with Crippen molar-refractivity contribution in [2.45, 2.75) is 44.2 Å². The first-order chi connectivity index (χ1) is 10.2. The number of piperidine rings is 1. The molecule has 2 aliphatic heterocycles. The third kappa shape index (κ3) is 2.96. The van der Waals surface area contributed by atoms with E-state index in [1.807, 2.05) is 0 Å². The summed E-state index contributed by atoms with van der Waals surface area (Å²) in [5.74, 6) is 0.681. The monoisotopic (exact) mass is 310 g/mol. The molecule has 0 aromatic carbocycles. The molecule has 0 radical (unpaired) electrons. The van der Waals surface area contributed by atoms with E-state index in [2.05, 4.69) is 15.2 Å². The highest BCUT2D eigenvalue weighted by atomic mass is 35.5. The van der Waals surface area contributed by atoms with Crippen LogP contribution in [0.25, 0.3) is 0 Å². The Morgan fingerprint density at radius 2 is 2.24 bits per heavy atom. The number of anilines is 1. The highest BCUT2D eigenvalue weighted by molar-refractivity contribution is 6.33. The lowest BCUT2D eigenvalue weighted by Crippen LogP contribution is -2.50. The second kappa shape index (κ2) is 6.15. The van der Waals surface area contributed by atoms with Crippen LogP contribution in [0.15, 0.2) is 12.3 Å². The summed E-state index contributed by atoms with van der Waals surface area (Å²) in [5, 5.41) is 14.7. The average molecular weight is 311 g/mol. The zero-order valence-electron chi connectivity index (χ0n) is 11.8. The summed E-state index contributed by atoms with van der Waals surface area (Å²) in [6.07, 6.45) is 7.12. The van der Waals surface area contributed by atoms with Crippen LogP contribution in [0.5, 0.6) is 0 Å². The number of pyridine rings is 1. The molecule has 1 aromatic heterocycles. The number of nitro groups is 1. The SMILES string of the molecule is O=[N+]([O-])c1cnc(N2CCCCC2C2CCCN2)c(Cl)c1. The van der Waals surface area contributed by atoms with Crippen molar-refractivity contribution >= 4 is 23.1 Å². The van der Waals surface area contributed by atoms with E-state index in [1.165, 1.54) is 31.5 Å². The number of hydrogen-bond donors (Lipinski definition) is 1. The summed E-state index contributed by atoms with van der Waals surface area (Å²) >= 11 is 6.25. The predicted octanol–water partition coefficient (Wildman–Crippen LogP) is 2.75. The fourth-order valence-electron chi connectivity index (χ4n) is 3.41. The van der Waals surface area contributed by atoms with E-state index in [-0.39, 0.29) is 5.69 Å². The average Bonchev–Trinajstić information content (AvgIpc) is 3.01. The Morgan fingerprint density at radius 1 is 1.38 bits per heavy atom. The summed E-state index contributed by atoms with van der Waals surface area (Å²) in [6, 6.07) is 2.25. The van der Waals surface area contributed by atoms with Gasteiger partial charge < -0.3 is 10.2 Å². The lowest BCUT2D eigenvalue weighted by molar-refractivity contribution is -0.385. The van der Waals surface area contributed by atoms with E-state index < -0.39 is 4.92 Å². The molecule has 114 valence electrons. The van der Waals surface area contributed by atoms with Crippen LogP contribution < -0.4 is 10.2 Å². The van der Waals surface area contributed by atoms with E-state index in [1.54, 1.807) is 0 Å². The Morgan fingerprint density at radius 3 is 2.90 bits per heavy atom.